The van der Waals surface area contributed by atoms with E-state index in [9.17, 15) is 9.59 Å². The Hall–Kier alpha value is -3.94. The zero-order chi connectivity index (χ0) is 21.6. The molecule has 31 heavy (non-hydrogen) atoms. The van der Waals surface area contributed by atoms with Gasteiger partial charge in [0.1, 0.15) is 6.54 Å². The summed E-state index contributed by atoms with van der Waals surface area (Å²) >= 11 is 0. The molecule has 8 nitrogen and oxygen atoms in total. The third-order valence-corrected chi connectivity index (χ3v) is 5.06. The standard InChI is InChI=1S/C23H24N6O2/c1-16-12-27-22(25-10-7-17-5-3-2-4-6-17)23(31)29(16)15-21(30)26-14-19-11-18-13-24-9-8-20(18)28-19/h2-6,8-9,11-13,28H,7,10,14-15H2,1H3,(H,25,27)(H,26,30). The Morgan fingerprint density at radius 2 is 2.00 bits per heavy atom. The first-order valence-corrected chi connectivity index (χ1v) is 10.1. The fourth-order valence-electron chi connectivity index (χ4n) is 3.38. The zero-order valence-electron chi connectivity index (χ0n) is 17.3. The summed E-state index contributed by atoms with van der Waals surface area (Å²) < 4.78 is 1.43. The van der Waals surface area contributed by atoms with Gasteiger partial charge in [0.25, 0.3) is 5.56 Å². The van der Waals surface area contributed by atoms with Gasteiger partial charge in [-0.25, -0.2) is 4.98 Å². The van der Waals surface area contributed by atoms with Crippen molar-refractivity contribution in [1.29, 1.82) is 0 Å². The summed E-state index contributed by atoms with van der Waals surface area (Å²) in [6, 6.07) is 13.8. The molecule has 0 atom stereocenters. The maximum absolute atomic E-state index is 12.8. The monoisotopic (exact) mass is 416 g/mol. The first-order valence-electron chi connectivity index (χ1n) is 10.1. The maximum atomic E-state index is 12.8. The van der Waals surface area contributed by atoms with E-state index < -0.39 is 0 Å². The van der Waals surface area contributed by atoms with E-state index in [1.807, 2.05) is 42.5 Å². The number of amides is 1. The van der Waals surface area contributed by atoms with Crippen LogP contribution in [0.4, 0.5) is 5.82 Å². The van der Waals surface area contributed by atoms with Crippen LogP contribution in [0.15, 0.2) is 65.8 Å². The molecular weight excluding hydrogens is 392 g/mol. The third kappa shape index (κ3) is 4.98. The van der Waals surface area contributed by atoms with E-state index in [1.165, 1.54) is 10.1 Å². The molecule has 4 aromatic rings. The topological polar surface area (TPSA) is 105 Å². The van der Waals surface area contributed by atoms with Gasteiger partial charge < -0.3 is 15.6 Å². The van der Waals surface area contributed by atoms with Gasteiger partial charge >= 0.3 is 0 Å². The smallest absolute Gasteiger partial charge is 0.293 e. The van der Waals surface area contributed by atoms with Crippen LogP contribution in [0, 0.1) is 6.92 Å². The third-order valence-electron chi connectivity index (χ3n) is 5.06. The van der Waals surface area contributed by atoms with Crippen molar-refractivity contribution in [3.05, 3.63) is 88.4 Å². The number of carbonyl (C=O) groups excluding carboxylic acids is 1. The second-order valence-electron chi connectivity index (χ2n) is 7.34. The predicted octanol–water partition coefficient (Wildman–Crippen LogP) is 2.40. The highest BCUT2D eigenvalue weighted by molar-refractivity contribution is 5.79. The lowest BCUT2D eigenvalue weighted by molar-refractivity contribution is -0.121. The quantitative estimate of drug-likeness (QED) is 0.409. The largest absolute Gasteiger partial charge is 0.365 e. The molecule has 8 heteroatoms. The number of hydrogen-bond donors (Lipinski definition) is 3. The predicted molar refractivity (Wildman–Crippen MR) is 120 cm³/mol. The van der Waals surface area contributed by atoms with Crippen LogP contribution in [0.3, 0.4) is 0 Å². The van der Waals surface area contributed by atoms with E-state index in [2.05, 4.69) is 25.6 Å². The molecular formula is C23H24N6O2. The Morgan fingerprint density at radius 3 is 2.81 bits per heavy atom. The lowest BCUT2D eigenvalue weighted by Crippen LogP contribution is -2.34. The number of anilines is 1. The molecule has 158 valence electrons. The molecule has 0 aliphatic rings. The lowest BCUT2D eigenvalue weighted by atomic mass is 10.1. The number of nitrogens with one attached hydrogen (secondary N) is 3. The number of aromatic amines is 1. The number of H-pyrrole nitrogens is 1. The van der Waals surface area contributed by atoms with E-state index in [0.717, 1.165) is 23.0 Å². The lowest BCUT2D eigenvalue weighted by Gasteiger charge is -2.12. The fraction of sp³-hybridized carbons (Fsp3) is 0.217. The zero-order valence-corrected chi connectivity index (χ0v) is 17.3. The summed E-state index contributed by atoms with van der Waals surface area (Å²) in [5, 5.41) is 6.93. The molecule has 0 radical (unpaired) electrons. The number of aromatic nitrogens is 4. The number of fused-ring (bicyclic) bond motifs is 1. The van der Waals surface area contributed by atoms with Gasteiger partial charge in [0, 0.05) is 47.4 Å². The molecule has 3 aromatic heterocycles. The summed E-state index contributed by atoms with van der Waals surface area (Å²) in [6.45, 7) is 2.62. The van der Waals surface area contributed by atoms with Gasteiger partial charge in [-0.05, 0) is 31.0 Å². The van der Waals surface area contributed by atoms with Crippen molar-refractivity contribution in [2.75, 3.05) is 11.9 Å². The molecule has 0 spiro atoms. The minimum Gasteiger partial charge on any atom is -0.365 e. The number of hydrogen-bond acceptors (Lipinski definition) is 5. The summed E-state index contributed by atoms with van der Waals surface area (Å²) in [4.78, 5) is 36.8. The summed E-state index contributed by atoms with van der Waals surface area (Å²) in [6.07, 6.45) is 5.86. The highest BCUT2D eigenvalue weighted by Gasteiger charge is 2.12. The van der Waals surface area contributed by atoms with Gasteiger partial charge in [0.15, 0.2) is 5.82 Å². The molecule has 4 rings (SSSR count). The van der Waals surface area contributed by atoms with Crippen LogP contribution in [-0.2, 0) is 24.3 Å². The number of nitrogens with zero attached hydrogens (tertiary/aromatic N) is 3. The van der Waals surface area contributed by atoms with Crippen LogP contribution in [0.1, 0.15) is 17.0 Å². The number of rotatable bonds is 8. The number of aryl methyl sites for hydroxylation is 1. The Bertz CT molecular complexity index is 1210. The van der Waals surface area contributed by atoms with E-state index in [0.29, 0.717) is 18.8 Å². The van der Waals surface area contributed by atoms with Gasteiger partial charge in [-0.1, -0.05) is 30.3 Å². The summed E-state index contributed by atoms with van der Waals surface area (Å²) in [5.74, 6) is 0.000801. The number of carbonyl (C=O) groups is 1. The van der Waals surface area contributed by atoms with Crippen molar-refractivity contribution < 1.29 is 4.79 Å². The Balaban J connectivity index is 1.37. The Kier molecular flexibility index (Phi) is 6.07. The molecule has 1 amide bonds. The first-order chi connectivity index (χ1) is 15.1. The van der Waals surface area contributed by atoms with E-state index >= 15 is 0 Å². The van der Waals surface area contributed by atoms with Crippen LogP contribution in [0.5, 0.6) is 0 Å². The molecule has 0 aliphatic carbocycles. The average Bonchev–Trinajstić information content (AvgIpc) is 3.20. The molecule has 3 N–H and O–H groups in total. The van der Waals surface area contributed by atoms with Gasteiger partial charge in [0.05, 0.1) is 6.54 Å². The molecule has 0 fully saturated rings. The highest BCUT2D eigenvalue weighted by atomic mass is 16.2. The van der Waals surface area contributed by atoms with Crippen LogP contribution >= 0.6 is 0 Å². The molecule has 0 saturated carbocycles. The van der Waals surface area contributed by atoms with Crippen LogP contribution in [0.2, 0.25) is 0 Å². The van der Waals surface area contributed by atoms with Gasteiger partial charge in [-0.3, -0.25) is 19.1 Å². The van der Waals surface area contributed by atoms with Crippen molar-refractivity contribution in [2.45, 2.75) is 26.4 Å². The van der Waals surface area contributed by atoms with Crippen molar-refractivity contribution >= 4 is 22.6 Å². The normalized spacial score (nSPS) is 10.9. The van der Waals surface area contributed by atoms with E-state index in [4.69, 9.17) is 0 Å². The SMILES string of the molecule is Cc1cnc(NCCc2ccccc2)c(=O)n1CC(=O)NCc1cc2cnccc2[nH]1. The van der Waals surface area contributed by atoms with Crippen molar-refractivity contribution in [2.24, 2.45) is 0 Å². The molecule has 0 bridgehead atoms. The minimum atomic E-state index is -0.306. The van der Waals surface area contributed by atoms with Crippen molar-refractivity contribution in [3.8, 4) is 0 Å². The van der Waals surface area contributed by atoms with Gasteiger partial charge in [-0.2, -0.15) is 0 Å². The summed E-state index contributed by atoms with van der Waals surface area (Å²) in [7, 11) is 0. The summed E-state index contributed by atoms with van der Waals surface area (Å²) in [5.41, 5.74) is 3.34. The maximum Gasteiger partial charge on any atom is 0.293 e. The molecule has 0 unspecified atom stereocenters. The second-order valence-corrected chi connectivity index (χ2v) is 7.34. The van der Waals surface area contributed by atoms with E-state index in [1.54, 1.807) is 25.5 Å². The van der Waals surface area contributed by atoms with Crippen LogP contribution < -0.4 is 16.2 Å². The van der Waals surface area contributed by atoms with Crippen LogP contribution in [-0.4, -0.2) is 32.0 Å². The molecule has 0 aliphatic heterocycles. The fourth-order valence-corrected chi connectivity index (χ4v) is 3.38. The first kappa shape index (κ1) is 20.3. The number of pyridine rings is 1. The Labute approximate surface area is 179 Å². The van der Waals surface area contributed by atoms with E-state index in [-0.39, 0.29) is 23.8 Å². The van der Waals surface area contributed by atoms with Crippen molar-refractivity contribution in [3.63, 3.8) is 0 Å². The van der Waals surface area contributed by atoms with Crippen LogP contribution in [0.25, 0.3) is 10.9 Å². The highest BCUT2D eigenvalue weighted by Crippen LogP contribution is 2.13. The van der Waals surface area contributed by atoms with Gasteiger partial charge in [-0.15, -0.1) is 0 Å². The Morgan fingerprint density at radius 1 is 1.16 bits per heavy atom. The molecule has 3 heterocycles. The minimum absolute atomic E-state index is 0.0671. The second kappa shape index (κ2) is 9.25. The average molecular weight is 416 g/mol. The van der Waals surface area contributed by atoms with Gasteiger partial charge in [0.2, 0.25) is 5.91 Å². The molecule has 1 aromatic carbocycles. The van der Waals surface area contributed by atoms with Crippen molar-refractivity contribution in [1.82, 2.24) is 24.8 Å². The number of benzene rings is 1. The molecule has 0 saturated heterocycles.